The number of carbonyl (C=O) groups excluding carboxylic acids is 1. The van der Waals surface area contributed by atoms with Crippen molar-refractivity contribution in [3.8, 4) is 11.3 Å². The van der Waals surface area contributed by atoms with E-state index in [0.717, 1.165) is 34.0 Å². The van der Waals surface area contributed by atoms with Gasteiger partial charge in [0.25, 0.3) is 0 Å². The largest absolute Gasteiger partial charge is 0.310 e. The van der Waals surface area contributed by atoms with Crippen LogP contribution < -0.4 is 5.32 Å². The predicted octanol–water partition coefficient (Wildman–Crippen LogP) is 4.20. The van der Waals surface area contributed by atoms with E-state index in [1.54, 1.807) is 11.3 Å². The highest BCUT2D eigenvalue weighted by molar-refractivity contribution is 7.09. The number of fused-ring (bicyclic) bond motifs is 1. The Morgan fingerprint density at radius 3 is 2.69 bits per heavy atom. The van der Waals surface area contributed by atoms with Gasteiger partial charge in [0.15, 0.2) is 0 Å². The molecule has 1 amide bonds. The molecule has 0 saturated heterocycles. The molecule has 0 unspecified atom stereocenters. The van der Waals surface area contributed by atoms with E-state index in [-0.39, 0.29) is 12.3 Å². The number of aryl methyl sites for hydroxylation is 1. The molecule has 0 radical (unpaired) electrons. The van der Waals surface area contributed by atoms with Crippen LogP contribution in [0.15, 0.2) is 60.1 Å². The maximum absolute atomic E-state index is 12.6. The first-order chi connectivity index (χ1) is 12.7. The predicted molar refractivity (Wildman–Crippen MR) is 104 cm³/mol. The smallest absolute Gasteiger partial charge is 0.231 e. The fourth-order valence-electron chi connectivity index (χ4n) is 2.85. The molecular weight excluding hydrogens is 344 g/mol. The third-order valence-corrected chi connectivity index (χ3v) is 5.12. The first-order valence-corrected chi connectivity index (χ1v) is 9.38. The molecular formula is C20H18N4OS. The van der Waals surface area contributed by atoms with Gasteiger partial charge < -0.3 is 5.32 Å². The molecule has 0 aliphatic heterocycles. The molecule has 0 saturated carbocycles. The second kappa shape index (κ2) is 7.09. The Labute approximate surface area is 155 Å². The molecule has 1 aromatic carbocycles. The molecule has 4 aromatic rings. The van der Waals surface area contributed by atoms with Gasteiger partial charge in [-0.2, -0.15) is 0 Å². The van der Waals surface area contributed by atoms with Crippen molar-refractivity contribution < 1.29 is 4.79 Å². The highest BCUT2D eigenvalue weighted by atomic mass is 32.1. The van der Waals surface area contributed by atoms with Crippen LogP contribution in [0.3, 0.4) is 0 Å². The van der Waals surface area contributed by atoms with Gasteiger partial charge in [0.05, 0.1) is 17.1 Å². The topological polar surface area (TPSA) is 59.3 Å². The van der Waals surface area contributed by atoms with Gasteiger partial charge in [-0.15, -0.1) is 11.3 Å². The van der Waals surface area contributed by atoms with Crippen LogP contribution in [0.5, 0.6) is 0 Å². The number of aromatic nitrogens is 3. The number of nitrogens with zero attached hydrogens (tertiary/aromatic N) is 3. The Hall–Kier alpha value is -2.99. The van der Waals surface area contributed by atoms with E-state index >= 15 is 0 Å². The van der Waals surface area contributed by atoms with E-state index in [9.17, 15) is 4.79 Å². The molecule has 3 aromatic heterocycles. The van der Waals surface area contributed by atoms with Crippen molar-refractivity contribution in [2.75, 3.05) is 5.32 Å². The van der Waals surface area contributed by atoms with E-state index in [2.05, 4.69) is 17.2 Å². The van der Waals surface area contributed by atoms with Crippen LogP contribution in [0.1, 0.15) is 17.6 Å². The zero-order valence-electron chi connectivity index (χ0n) is 14.3. The lowest BCUT2D eigenvalue weighted by molar-refractivity contribution is -0.115. The van der Waals surface area contributed by atoms with Gasteiger partial charge in [0.1, 0.15) is 17.2 Å². The van der Waals surface area contributed by atoms with Crippen LogP contribution in [0.25, 0.3) is 16.9 Å². The first kappa shape index (κ1) is 16.5. The summed E-state index contributed by atoms with van der Waals surface area (Å²) < 4.78 is 1.90. The number of benzene rings is 1. The standard InChI is InChI=1S/C20H18N4OS/c1-2-18-21-15(13-26-18)12-17(25)23-20-19(14-8-4-3-5-9-14)22-16-10-6-7-11-24(16)20/h3-11,13H,2,12H2,1H3,(H,23,25). The lowest BCUT2D eigenvalue weighted by Crippen LogP contribution is -2.16. The average Bonchev–Trinajstić information content (AvgIpc) is 3.27. The summed E-state index contributed by atoms with van der Waals surface area (Å²) in [6, 6.07) is 15.7. The average molecular weight is 362 g/mol. The molecule has 3 heterocycles. The number of imidazole rings is 1. The quantitative estimate of drug-likeness (QED) is 0.579. The Morgan fingerprint density at radius 2 is 1.92 bits per heavy atom. The number of nitrogens with one attached hydrogen (secondary N) is 1. The third kappa shape index (κ3) is 3.23. The van der Waals surface area contributed by atoms with Gasteiger partial charge in [-0.1, -0.05) is 43.3 Å². The van der Waals surface area contributed by atoms with E-state index in [4.69, 9.17) is 4.98 Å². The zero-order valence-corrected chi connectivity index (χ0v) is 15.2. The fraction of sp³-hybridized carbons (Fsp3) is 0.150. The summed E-state index contributed by atoms with van der Waals surface area (Å²) in [6.07, 6.45) is 3.05. The summed E-state index contributed by atoms with van der Waals surface area (Å²) in [5, 5.41) is 6.03. The van der Waals surface area contributed by atoms with E-state index < -0.39 is 0 Å². The van der Waals surface area contributed by atoms with Gasteiger partial charge in [-0.05, 0) is 18.6 Å². The number of hydrogen-bond donors (Lipinski definition) is 1. The molecule has 0 spiro atoms. The molecule has 4 rings (SSSR count). The third-order valence-electron chi connectivity index (χ3n) is 4.08. The lowest BCUT2D eigenvalue weighted by atomic mass is 10.1. The maximum Gasteiger partial charge on any atom is 0.231 e. The molecule has 6 heteroatoms. The highest BCUT2D eigenvalue weighted by Gasteiger charge is 2.17. The van der Waals surface area contributed by atoms with Crippen molar-refractivity contribution in [2.24, 2.45) is 0 Å². The number of amides is 1. The summed E-state index contributed by atoms with van der Waals surface area (Å²) >= 11 is 1.59. The van der Waals surface area contributed by atoms with Gasteiger partial charge in [0, 0.05) is 17.1 Å². The highest BCUT2D eigenvalue weighted by Crippen LogP contribution is 2.28. The van der Waals surface area contributed by atoms with Crippen molar-refractivity contribution in [3.05, 3.63) is 70.8 Å². The summed E-state index contributed by atoms with van der Waals surface area (Å²) in [7, 11) is 0. The number of carbonyl (C=O) groups is 1. The van der Waals surface area contributed by atoms with Crippen LogP contribution in [0, 0.1) is 0 Å². The van der Waals surface area contributed by atoms with Crippen LogP contribution in [-0.4, -0.2) is 20.3 Å². The zero-order chi connectivity index (χ0) is 17.9. The summed E-state index contributed by atoms with van der Waals surface area (Å²) in [5.41, 5.74) is 3.33. The number of pyridine rings is 1. The molecule has 0 aliphatic carbocycles. The Bertz CT molecular complexity index is 1050. The van der Waals surface area contributed by atoms with Gasteiger partial charge in [0.2, 0.25) is 5.91 Å². The Kier molecular flexibility index (Phi) is 4.50. The van der Waals surface area contributed by atoms with Crippen LogP contribution in [-0.2, 0) is 17.6 Å². The number of thiazole rings is 1. The second-order valence-electron chi connectivity index (χ2n) is 5.91. The summed E-state index contributed by atoms with van der Waals surface area (Å²) in [5.74, 6) is 0.587. The molecule has 0 aliphatic rings. The number of rotatable bonds is 5. The van der Waals surface area contributed by atoms with E-state index in [1.165, 1.54) is 0 Å². The minimum absolute atomic E-state index is 0.0965. The Balaban J connectivity index is 1.67. The lowest BCUT2D eigenvalue weighted by Gasteiger charge is -2.07. The SMILES string of the molecule is CCc1nc(CC(=O)Nc2c(-c3ccccc3)nc3ccccn23)cs1. The van der Waals surface area contributed by atoms with Crippen molar-refractivity contribution in [1.29, 1.82) is 0 Å². The molecule has 0 bridgehead atoms. The van der Waals surface area contributed by atoms with E-state index in [0.29, 0.717) is 5.82 Å². The minimum Gasteiger partial charge on any atom is -0.310 e. The number of hydrogen-bond acceptors (Lipinski definition) is 4. The van der Waals surface area contributed by atoms with Crippen molar-refractivity contribution in [3.63, 3.8) is 0 Å². The molecule has 0 fully saturated rings. The molecule has 26 heavy (non-hydrogen) atoms. The van der Waals surface area contributed by atoms with Gasteiger partial charge in [-0.3, -0.25) is 9.20 Å². The monoisotopic (exact) mass is 362 g/mol. The van der Waals surface area contributed by atoms with Crippen LogP contribution in [0.4, 0.5) is 5.82 Å². The fourth-order valence-corrected chi connectivity index (χ4v) is 3.59. The first-order valence-electron chi connectivity index (χ1n) is 8.50. The van der Waals surface area contributed by atoms with Crippen molar-refractivity contribution >= 4 is 28.7 Å². The molecule has 130 valence electrons. The molecule has 0 atom stereocenters. The summed E-state index contributed by atoms with van der Waals surface area (Å²) in [4.78, 5) is 21.8. The van der Waals surface area contributed by atoms with Crippen LogP contribution in [0.2, 0.25) is 0 Å². The van der Waals surface area contributed by atoms with Crippen molar-refractivity contribution in [2.45, 2.75) is 19.8 Å². The van der Waals surface area contributed by atoms with Crippen molar-refractivity contribution in [1.82, 2.24) is 14.4 Å². The summed E-state index contributed by atoms with van der Waals surface area (Å²) in [6.45, 7) is 2.06. The second-order valence-corrected chi connectivity index (χ2v) is 6.86. The number of anilines is 1. The normalized spacial score (nSPS) is 11.0. The van der Waals surface area contributed by atoms with Gasteiger partial charge in [-0.25, -0.2) is 9.97 Å². The Morgan fingerprint density at radius 1 is 1.12 bits per heavy atom. The maximum atomic E-state index is 12.6. The van der Waals surface area contributed by atoms with E-state index in [1.807, 2.05) is 64.5 Å². The van der Waals surface area contributed by atoms with Gasteiger partial charge >= 0.3 is 0 Å². The molecule has 1 N–H and O–H groups in total. The van der Waals surface area contributed by atoms with Crippen LogP contribution >= 0.6 is 11.3 Å². The molecule has 5 nitrogen and oxygen atoms in total. The minimum atomic E-state index is -0.0965.